The molecule has 0 aliphatic rings. The summed E-state index contributed by atoms with van der Waals surface area (Å²) in [6.45, 7) is 4.10. The number of nitro groups is 1. The second kappa shape index (κ2) is 5.83. The Bertz CT molecular complexity index is 668. The van der Waals surface area contributed by atoms with E-state index in [1.807, 2.05) is 6.92 Å². The van der Waals surface area contributed by atoms with Crippen molar-refractivity contribution in [2.24, 2.45) is 0 Å². The molecule has 0 radical (unpaired) electrons. The molecule has 1 aromatic heterocycles. The fourth-order valence-corrected chi connectivity index (χ4v) is 2.65. The van der Waals surface area contributed by atoms with Crippen LogP contribution in [0.1, 0.15) is 11.9 Å². The molecule has 106 valence electrons. The molecule has 0 saturated carbocycles. The molecule has 0 spiro atoms. The zero-order valence-electron chi connectivity index (χ0n) is 11.1. The van der Waals surface area contributed by atoms with Crippen LogP contribution in [0.25, 0.3) is 10.2 Å². The fourth-order valence-electron chi connectivity index (χ4n) is 1.81. The van der Waals surface area contributed by atoms with E-state index in [9.17, 15) is 14.9 Å². The van der Waals surface area contributed by atoms with Crippen LogP contribution in [0.4, 0.5) is 11.4 Å². The third kappa shape index (κ3) is 3.21. The van der Waals surface area contributed by atoms with E-state index in [4.69, 9.17) is 0 Å². The zero-order valence-corrected chi connectivity index (χ0v) is 11.9. The Morgan fingerprint density at radius 2 is 2.20 bits per heavy atom. The first-order valence-electron chi connectivity index (χ1n) is 6.01. The largest absolute Gasteiger partial charge is 0.378 e. The van der Waals surface area contributed by atoms with Crippen molar-refractivity contribution < 1.29 is 9.72 Å². The molecule has 20 heavy (non-hydrogen) atoms. The van der Waals surface area contributed by atoms with Crippen LogP contribution in [0.2, 0.25) is 0 Å². The Balaban J connectivity index is 2.22. The number of aryl methyl sites for hydroxylation is 1. The Kier molecular flexibility index (Phi) is 4.14. The van der Waals surface area contributed by atoms with Gasteiger partial charge < -0.3 is 10.6 Å². The number of fused-ring (bicyclic) bond motifs is 1. The highest BCUT2D eigenvalue weighted by Crippen LogP contribution is 2.32. The van der Waals surface area contributed by atoms with Gasteiger partial charge >= 0.3 is 0 Å². The zero-order chi connectivity index (χ0) is 14.7. The number of aromatic nitrogens is 1. The average Bonchev–Trinajstić information content (AvgIpc) is 2.72. The first kappa shape index (κ1) is 14.2. The monoisotopic (exact) mass is 294 g/mol. The van der Waals surface area contributed by atoms with Crippen LogP contribution >= 0.6 is 11.3 Å². The standard InChI is InChI=1S/C12H14N4O3S/c1-7(17)13-3-4-14-9-5-10-12(20-8(2)15-10)6-11(9)16(18)19/h5-6,14H,3-4H2,1-2H3,(H,13,17). The summed E-state index contributed by atoms with van der Waals surface area (Å²) in [5, 5.41) is 17.5. The van der Waals surface area contributed by atoms with E-state index in [1.54, 1.807) is 6.07 Å². The average molecular weight is 294 g/mol. The molecule has 0 aliphatic heterocycles. The second-order valence-corrected chi connectivity index (χ2v) is 5.47. The Hall–Kier alpha value is -2.22. The van der Waals surface area contributed by atoms with Gasteiger partial charge in [0.2, 0.25) is 5.91 Å². The lowest BCUT2D eigenvalue weighted by Gasteiger charge is -2.07. The first-order valence-corrected chi connectivity index (χ1v) is 6.83. The Morgan fingerprint density at radius 1 is 1.45 bits per heavy atom. The Labute approximate surface area is 119 Å². The SMILES string of the molecule is CC(=O)NCCNc1cc2nc(C)sc2cc1[N+](=O)[O-]. The molecule has 2 N–H and O–H groups in total. The molecule has 0 fully saturated rings. The van der Waals surface area contributed by atoms with Gasteiger partial charge in [-0.05, 0) is 13.0 Å². The minimum atomic E-state index is -0.421. The number of hydrogen-bond donors (Lipinski definition) is 2. The third-order valence-electron chi connectivity index (χ3n) is 2.62. The summed E-state index contributed by atoms with van der Waals surface area (Å²) in [7, 11) is 0. The van der Waals surface area contributed by atoms with Gasteiger partial charge in [-0.3, -0.25) is 14.9 Å². The highest BCUT2D eigenvalue weighted by molar-refractivity contribution is 7.18. The number of nitrogens with one attached hydrogen (secondary N) is 2. The number of nitrogens with zero attached hydrogens (tertiary/aromatic N) is 2. The van der Waals surface area contributed by atoms with Crippen molar-refractivity contribution in [3.8, 4) is 0 Å². The van der Waals surface area contributed by atoms with Crippen LogP contribution in [0.5, 0.6) is 0 Å². The molecular weight excluding hydrogens is 280 g/mol. The molecule has 0 unspecified atom stereocenters. The molecule has 1 amide bonds. The number of carbonyl (C=O) groups is 1. The van der Waals surface area contributed by atoms with Crippen LogP contribution in [0, 0.1) is 17.0 Å². The second-order valence-electron chi connectivity index (χ2n) is 4.24. The lowest BCUT2D eigenvalue weighted by atomic mass is 10.2. The molecule has 0 atom stereocenters. The maximum Gasteiger partial charge on any atom is 0.293 e. The summed E-state index contributed by atoms with van der Waals surface area (Å²) in [5.41, 5.74) is 1.17. The summed E-state index contributed by atoms with van der Waals surface area (Å²) in [6.07, 6.45) is 0. The van der Waals surface area contributed by atoms with Crippen LogP contribution in [-0.2, 0) is 4.79 Å². The van der Waals surface area contributed by atoms with Crippen molar-refractivity contribution in [2.45, 2.75) is 13.8 Å². The molecule has 2 aromatic rings. The summed E-state index contributed by atoms with van der Waals surface area (Å²) in [6, 6.07) is 3.20. The molecule has 8 heteroatoms. The van der Waals surface area contributed by atoms with Gasteiger partial charge in [-0.25, -0.2) is 4.98 Å². The summed E-state index contributed by atoms with van der Waals surface area (Å²) >= 11 is 1.42. The van der Waals surface area contributed by atoms with Crippen LogP contribution < -0.4 is 10.6 Å². The molecule has 0 bridgehead atoms. The number of hydrogen-bond acceptors (Lipinski definition) is 6. The molecule has 1 aromatic carbocycles. The number of anilines is 1. The van der Waals surface area contributed by atoms with Crippen LogP contribution in [-0.4, -0.2) is 28.9 Å². The normalized spacial score (nSPS) is 10.5. The highest BCUT2D eigenvalue weighted by atomic mass is 32.1. The van der Waals surface area contributed by atoms with Gasteiger partial charge in [-0.1, -0.05) is 0 Å². The van der Waals surface area contributed by atoms with Gasteiger partial charge in [-0.2, -0.15) is 0 Å². The summed E-state index contributed by atoms with van der Waals surface area (Å²) in [4.78, 5) is 25.7. The van der Waals surface area contributed by atoms with Gasteiger partial charge in [0, 0.05) is 26.1 Å². The lowest BCUT2D eigenvalue weighted by molar-refractivity contribution is -0.383. The predicted octanol–water partition coefficient (Wildman–Crippen LogP) is 2.06. The lowest BCUT2D eigenvalue weighted by Crippen LogP contribution is -2.26. The van der Waals surface area contributed by atoms with Crippen molar-refractivity contribution in [1.82, 2.24) is 10.3 Å². The van der Waals surface area contributed by atoms with Gasteiger partial charge in [0.15, 0.2) is 0 Å². The summed E-state index contributed by atoms with van der Waals surface area (Å²) in [5.74, 6) is -0.133. The smallest absolute Gasteiger partial charge is 0.293 e. The first-order chi connectivity index (χ1) is 9.47. The van der Waals surface area contributed by atoms with Crippen molar-refractivity contribution >= 4 is 38.8 Å². The van der Waals surface area contributed by atoms with E-state index >= 15 is 0 Å². The van der Waals surface area contributed by atoms with Gasteiger partial charge in [0.1, 0.15) is 5.69 Å². The van der Waals surface area contributed by atoms with E-state index in [0.29, 0.717) is 18.8 Å². The van der Waals surface area contributed by atoms with Crippen molar-refractivity contribution in [2.75, 3.05) is 18.4 Å². The maximum absolute atomic E-state index is 11.1. The van der Waals surface area contributed by atoms with Crippen molar-refractivity contribution in [3.05, 3.63) is 27.3 Å². The molecule has 1 heterocycles. The van der Waals surface area contributed by atoms with E-state index in [2.05, 4.69) is 15.6 Å². The van der Waals surface area contributed by atoms with E-state index in [0.717, 1.165) is 15.2 Å². The third-order valence-corrected chi connectivity index (χ3v) is 3.56. The van der Waals surface area contributed by atoms with E-state index in [-0.39, 0.29) is 11.6 Å². The Morgan fingerprint density at radius 3 is 2.85 bits per heavy atom. The van der Waals surface area contributed by atoms with E-state index < -0.39 is 4.92 Å². The summed E-state index contributed by atoms with van der Waals surface area (Å²) < 4.78 is 0.793. The number of thiazole rings is 1. The number of benzene rings is 1. The fraction of sp³-hybridized carbons (Fsp3) is 0.333. The minimum absolute atomic E-state index is 0.0176. The highest BCUT2D eigenvalue weighted by Gasteiger charge is 2.16. The van der Waals surface area contributed by atoms with Crippen LogP contribution in [0.3, 0.4) is 0 Å². The number of rotatable bonds is 5. The van der Waals surface area contributed by atoms with Crippen molar-refractivity contribution in [1.29, 1.82) is 0 Å². The minimum Gasteiger partial charge on any atom is -0.378 e. The molecule has 2 rings (SSSR count). The van der Waals surface area contributed by atoms with Crippen molar-refractivity contribution in [3.63, 3.8) is 0 Å². The molecule has 7 nitrogen and oxygen atoms in total. The van der Waals surface area contributed by atoms with Gasteiger partial charge in [0.05, 0.1) is 20.1 Å². The van der Waals surface area contributed by atoms with Crippen LogP contribution in [0.15, 0.2) is 12.1 Å². The number of carbonyl (C=O) groups excluding carboxylic acids is 1. The number of nitro benzene ring substituents is 1. The predicted molar refractivity (Wildman–Crippen MR) is 78.2 cm³/mol. The van der Waals surface area contributed by atoms with Gasteiger partial charge in [0.25, 0.3) is 5.69 Å². The topological polar surface area (TPSA) is 97.2 Å². The maximum atomic E-state index is 11.1. The molecule has 0 saturated heterocycles. The molecular formula is C12H14N4O3S. The molecule has 0 aliphatic carbocycles. The number of amides is 1. The quantitative estimate of drug-likeness (QED) is 0.500. The van der Waals surface area contributed by atoms with E-state index in [1.165, 1.54) is 24.3 Å². The van der Waals surface area contributed by atoms with Gasteiger partial charge in [-0.15, -0.1) is 11.3 Å².